The summed E-state index contributed by atoms with van der Waals surface area (Å²) in [5, 5.41) is 2.70. The van der Waals surface area contributed by atoms with E-state index < -0.39 is 34.0 Å². The molecule has 3 heterocycles. The minimum Gasteiger partial charge on any atom is -0.467 e. The van der Waals surface area contributed by atoms with Gasteiger partial charge in [0.25, 0.3) is 10.0 Å². The minimum atomic E-state index is -3.97. The molecule has 14 heteroatoms. The van der Waals surface area contributed by atoms with Crippen LogP contribution in [0.3, 0.4) is 0 Å². The normalized spacial score (nSPS) is 16.6. The lowest BCUT2D eigenvalue weighted by Crippen LogP contribution is -2.48. The van der Waals surface area contributed by atoms with E-state index in [4.69, 9.17) is 16.3 Å². The Balaban J connectivity index is 0.00000361. The number of thiazole rings is 1. The van der Waals surface area contributed by atoms with Crippen LogP contribution in [0.4, 0.5) is 5.13 Å². The number of pyridine rings is 1. The lowest BCUT2D eigenvalue weighted by molar-refractivity contribution is -0.151. The highest BCUT2D eigenvalue weighted by molar-refractivity contribution is 7.91. The smallest absolute Gasteiger partial charge is 0.328 e. The summed E-state index contributed by atoms with van der Waals surface area (Å²) in [6, 6.07) is 3.47. The van der Waals surface area contributed by atoms with E-state index in [1.54, 1.807) is 37.5 Å². The molecular weight excluding hydrogens is 528 g/mol. The first-order valence-electron chi connectivity index (χ1n) is 10.7. The van der Waals surface area contributed by atoms with Crippen molar-refractivity contribution in [1.29, 1.82) is 0 Å². The van der Waals surface area contributed by atoms with Gasteiger partial charge in [-0.3, -0.25) is 9.78 Å². The number of aromatic nitrogens is 2. The molecule has 11 nitrogen and oxygen atoms in total. The van der Waals surface area contributed by atoms with Crippen molar-refractivity contribution in [2.45, 2.75) is 29.1 Å². The molecular formula is C22H27ClN6O5S2. The molecule has 1 fully saturated rings. The van der Waals surface area contributed by atoms with Crippen LogP contribution in [0.1, 0.15) is 12.0 Å². The SMILES string of the molecule is COC(=O)C(Cc1cc2ccncc2cc1Cl)N1CCC(NS(=O)(=O)c2cnc(N(C)C)s2)C1=O.N. The highest BCUT2D eigenvalue weighted by atomic mass is 35.5. The van der Waals surface area contributed by atoms with Crippen molar-refractivity contribution in [2.24, 2.45) is 0 Å². The topological polar surface area (TPSA) is 157 Å². The third-order valence-electron chi connectivity index (χ3n) is 5.73. The maximum Gasteiger partial charge on any atom is 0.328 e. The number of benzene rings is 1. The van der Waals surface area contributed by atoms with Crippen LogP contribution in [0.15, 0.2) is 41.0 Å². The predicted molar refractivity (Wildman–Crippen MR) is 138 cm³/mol. The summed E-state index contributed by atoms with van der Waals surface area (Å²) in [6.45, 7) is 0.187. The number of nitrogens with one attached hydrogen (secondary N) is 1. The summed E-state index contributed by atoms with van der Waals surface area (Å²) >= 11 is 7.46. The molecule has 194 valence electrons. The number of sulfonamides is 1. The Morgan fingerprint density at radius 2 is 2.08 bits per heavy atom. The zero-order valence-electron chi connectivity index (χ0n) is 20.0. The largest absolute Gasteiger partial charge is 0.467 e. The highest BCUT2D eigenvalue weighted by Crippen LogP contribution is 2.29. The molecule has 4 N–H and O–H groups in total. The number of carbonyl (C=O) groups excluding carboxylic acids is 2. The summed E-state index contributed by atoms with van der Waals surface area (Å²) in [7, 11) is 0.794. The molecule has 0 bridgehead atoms. The van der Waals surface area contributed by atoms with Gasteiger partial charge in [-0.1, -0.05) is 22.9 Å². The fourth-order valence-corrected chi connectivity index (χ4v) is 6.45. The van der Waals surface area contributed by atoms with E-state index in [0.717, 1.165) is 22.1 Å². The molecule has 0 saturated carbocycles. The number of esters is 1. The average molecular weight is 555 g/mol. The molecule has 0 spiro atoms. The maximum atomic E-state index is 13.2. The van der Waals surface area contributed by atoms with E-state index in [1.165, 1.54) is 18.2 Å². The lowest BCUT2D eigenvalue weighted by atomic mass is 10.0. The molecule has 1 amide bonds. The molecule has 1 aliphatic heterocycles. The van der Waals surface area contributed by atoms with Crippen LogP contribution in [0.2, 0.25) is 5.02 Å². The van der Waals surface area contributed by atoms with Gasteiger partial charge in [0.1, 0.15) is 12.1 Å². The Kier molecular flexibility index (Phi) is 8.52. The van der Waals surface area contributed by atoms with Gasteiger partial charge in [0.05, 0.1) is 13.3 Å². The van der Waals surface area contributed by atoms with Crippen LogP contribution in [0.5, 0.6) is 0 Å². The molecule has 2 unspecified atom stereocenters. The van der Waals surface area contributed by atoms with Gasteiger partial charge in [-0.05, 0) is 35.6 Å². The molecule has 0 aliphatic carbocycles. The van der Waals surface area contributed by atoms with Crippen LogP contribution in [0, 0.1) is 0 Å². The van der Waals surface area contributed by atoms with Gasteiger partial charge in [-0.15, -0.1) is 0 Å². The molecule has 2 atom stereocenters. The number of rotatable bonds is 8. The summed E-state index contributed by atoms with van der Waals surface area (Å²) in [5.74, 6) is -1.10. The molecule has 3 aromatic rings. The number of ether oxygens (including phenoxy) is 1. The second-order valence-electron chi connectivity index (χ2n) is 8.26. The standard InChI is InChI=1S/C22H24ClN5O5S2.H3N/c1-27(2)22-25-12-19(34-22)35(31,32)26-17-5-7-28(20(17)29)18(21(30)33-3)10-14-8-13-4-6-24-11-15(13)9-16(14)23;/h4,6,8-9,11-12,17-18,26H,5,7,10H2,1-3H3;1H3. The third-order valence-corrected chi connectivity index (χ3v) is 9.18. The van der Waals surface area contributed by atoms with Gasteiger partial charge in [0.2, 0.25) is 5.91 Å². The van der Waals surface area contributed by atoms with Gasteiger partial charge in [0, 0.05) is 49.9 Å². The summed E-state index contributed by atoms with van der Waals surface area (Å²) < 4.78 is 33.1. The second-order valence-corrected chi connectivity index (χ2v) is 11.6. The van der Waals surface area contributed by atoms with Gasteiger partial charge in [-0.2, -0.15) is 4.72 Å². The fourth-order valence-electron chi connectivity index (χ4n) is 3.92. The number of nitrogens with zero attached hydrogens (tertiary/aromatic N) is 4. The number of amides is 1. The zero-order valence-corrected chi connectivity index (χ0v) is 22.4. The Morgan fingerprint density at radius 3 is 2.75 bits per heavy atom. The monoisotopic (exact) mass is 554 g/mol. The Bertz CT molecular complexity index is 1380. The van der Waals surface area contributed by atoms with Crippen molar-refractivity contribution in [3.8, 4) is 0 Å². The molecule has 2 aromatic heterocycles. The maximum absolute atomic E-state index is 13.2. The zero-order chi connectivity index (χ0) is 25.3. The first-order valence-corrected chi connectivity index (χ1v) is 13.3. The molecule has 1 saturated heterocycles. The minimum absolute atomic E-state index is 0. The van der Waals surface area contributed by atoms with E-state index in [0.29, 0.717) is 15.7 Å². The van der Waals surface area contributed by atoms with Gasteiger partial charge in [-0.25, -0.2) is 18.2 Å². The van der Waals surface area contributed by atoms with E-state index in [1.807, 2.05) is 12.1 Å². The lowest BCUT2D eigenvalue weighted by Gasteiger charge is -2.26. The summed E-state index contributed by atoms with van der Waals surface area (Å²) in [4.78, 5) is 37.1. The van der Waals surface area contributed by atoms with Crippen molar-refractivity contribution in [1.82, 2.24) is 25.7 Å². The van der Waals surface area contributed by atoms with Gasteiger partial charge in [0.15, 0.2) is 9.34 Å². The Morgan fingerprint density at radius 1 is 1.33 bits per heavy atom. The van der Waals surface area contributed by atoms with Gasteiger partial charge >= 0.3 is 5.97 Å². The number of carbonyl (C=O) groups is 2. The number of hydrogen-bond donors (Lipinski definition) is 2. The molecule has 36 heavy (non-hydrogen) atoms. The van der Waals surface area contributed by atoms with Crippen LogP contribution >= 0.6 is 22.9 Å². The first-order chi connectivity index (χ1) is 16.6. The number of fused-ring (bicyclic) bond motifs is 1. The summed E-state index contributed by atoms with van der Waals surface area (Å²) in [5.41, 5.74) is 0.665. The molecule has 0 radical (unpaired) electrons. The van der Waals surface area contributed by atoms with E-state index in [-0.39, 0.29) is 29.7 Å². The van der Waals surface area contributed by atoms with Crippen molar-refractivity contribution in [2.75, 3.05) is 32.6 Å². The second kappa shape index (κ2) is 11.0. The number of halogens is 1. The van der Waals surface area contributed by atoms with Crippen LogP contribution < -0.4 is 15.8 Å². The Hall–Kier alpha value is -2.84. The number of hydrogen-bond acceptors (Lipinski definition) is 10. The average Bonchev–Trinajstić information content (AvgIpc) is 3.46. The van der Waals surface area contributed by atoms with Crippen molar-refractivity contribution in [3.63, 3.8) is 0 Å². The Labute approximate surface area is 218 Å². The number of likely N-dealkylation sites (tertiary alicyclic amines) is 1. The van der Waals surface area contributed by atoms with Crippen molar-refractivity contribution < 1.29 is 22.7 Å². The molecule has 4 rings (SSSR count). The van der Waals surface area contributed by atoms with Crippen LogP contribution in [-0.4, -0.2) is 75.0 Å². The van der Waals surface area contributed by atoms with Crippen LogP contribution in [-0.2, 0) is 30.8 Å². The fraction of sp³-hybridized carbons (Fsp3) is 0.364. The number of anilines is 1. The third kappa shape index (κ3) is 5.60. The van der Waals surface area contributed by atoms with Crippen molar-refractivity contribution in [3.05, 3.63) is 47.4 Å². The predicted octanol–water partition coefficient (Wildman–Crippen LogP) is 2.24. The van der Waals surface area contributed by atoms with E-state index in [2.05, 4.69) is 14.7 Å². The highest BCUT2D eigenvalue weighted by Gasteiger charge is 2.41. The molecule has 1 aromatic carbocycles. The van der Waals surface area contributed by atoms with E-state index in [9.17, 15) is 18.0 Å². The number of methoxy groups -OCH3 is 1. The van der Waals surface area contributed by atoms with Crippen molar-refractivity contribution >= 4 is 60.7 Å². The quantitative estimate of drug-likeness (QED) is 0.398. The first kappa shape index (κ1) is 27.7. The molecule has 1 aliphatic rings. The van der Waals surface area contributed by atoms with Crippen LogP contribution in [0.25, 0.3) is 10.8 Å². The van der Waals surface area contributed by atoms with Gasteiger partial charge < -0.3 is 20.7 Å². The van der Waals surface area contributed by atoms with E-state index >= 15 is 0 Å². The summed E-state index contributed by atoms with van der Waals surface area (Å²) in [6.07, 6.45) is 4.93.